The number of halogens is 1. The minimum absolute atomic E-state index is 0.118. The third-order valence-electron chi connectivity index (χ3n) is 4.78. The van der Waals surface area contributed by atoms with Crippen molar-refractivity contribution in [3.8, 4) is 0 Å². The van der Waals surface area contributed by atoms with Crippen LogP contribution < -0.4 is 10.6 Å². The van der Waals surface area contributed by atoms with Crippen molar-refractivity contribution in [2.45, 2.75) is 12.2 Å². The Kier molecular flexibility index (Phi) is 6.91. The zero-order valence-corrected chi connectivity index (χ0v) is 17.9. The van der Waals surface area contributed by atoms with Gasteiger partial charge < -0.3 is 20.3 Å². The molecule has 2 aromatic carbocycles. The molecule has 0 aliphatic carbocycles. The third kappa shape index (κ3) is 4.26. The first-order chi connectivity index (χ1) is 14.4. The van der Waals surface area contributed by atoms with E-state index < -0.39 is 24.0 Å². The van der Waals surface area contributed by atoms with E-state index in [0.29, 0.717) is 28.3 Å². The standard InChI is InChI=1S/C21H21ClN4O3S/c1-25(20(28)16(23)12-30)19-21(29)26(9-10-27)17-8-7-14(22)11-15(17)18(24-19)13-5-3-2-4-6-13/h2-8,10-11,16,19,30H,9,12,23H2,1H3. The van der Waals surface area contributed by atoms with Crippen LogP contribution in [0.1, 0.15) is 11.1 Å². The van der Waals surface area contributed by atoms with Crippen molar-refractivity contribution in [1.29, 1.82) is 0 Å². The number of likely N-dealkylation sites (N-methyl/N-ethyl adjacent to an activating group) is 1. The first-order valence-corrected chi connectivity index (χ1v) is 10.2. The fourth-order valence-corrected chi connectivity index (χ4v) is 3.57. The molecule has 0 bridgehead atoms. The number of fused-ring (bicyclic) bond motifs is 1. The first-order valence-electron chi connectivity index (χ1n) is 9.20. The lowest BCUT2D eigenvalue weighted by Crippen LogP contribution is -2.53. The predicted molar refractivity (Wildman–Crippen MR) is 120 cm³/mol. The van der Waals surface area contributed by atoms with Gasteiger partial charge in [-0.05, 0) is 18.2 Å². The number of anilines is 1. The maximum atomic E-state index is 13.4. The molecule has 9 heteroatoms. The van der Waals surface area contributed by atoms with Crippen molar-refractivity contribution in [2.24, 2.45) is 10.7 Å². The largest absolute Gasteiger partial charge is 0.319 e. The molecule has 0 spiro atoms. The molecule has 0 fully saturated rings. The molecule has 2 unspecified atom stereocenters. The summed E-state index contributed by atoms with van der Waals surface area (Å²) in [6.07, 6.45) is -0.577. The minimum Gasteiger partial charge on any atom is -0.319 e. The van der Waals surface area contributed by atoms with E-state index in [9.17, 15) is 14.4 Å². The molecule has 2 amide bonds. The van der Waals surface area contributed by atoms with Crippen molar-refractivity contribution >= 4 is 53.7 Å². The number of hydrogen-bond donors (Lipinski definition) is 2. The smallest absolute Gasteiger partial charge is 0.272 e. The Labute approximate surface area is 184 Å². The number of amides is 2. The van der Waals surface area contributed by atoms with E-state index in [-0.39, 0.29) is 12.3 Å². The molecule has 156 valence electrons. The minimum atomic E-state index is -1.20. The van der Waals surface area contributed by atoms with Crippen LogP contribution in [0.4, 0.5) is 5.69 Å². The molecule has 0 radical (unpaired) electrons. The van der Waals surface area contributed by atoms with Crippen LogP contribution in [-0.4, -0.2) is 60.3 Å². The van der Waals surface area contributed by atoms with E-state index in [1.165, 1.54) is 16.8 Å². The molecule has 1 aliphatic rings. The van der Waals surface area contributed by atoms with Crippen LogP contribution in [0.25, 0.3) is 0 Å². The van der Waals surface area contributed by atoms with Gasteiger partial charge in [-0.2, -0.15) is 12.6 Å². The zero-order chi connectivity index (χ0) is 21.8. The predicted octanol–water partition coefficient (Wildman–Crippen LogP) is 1.76. The van der Waals surface area contributed by atoms with E-state index in [1.54, 1.807) is 18.2 Å². The van der Waals surface area contributed by atoms with E-state index in [2.05, 4.69) is 17.6 Å². The highest BCUT2D eigenvalue weighted by atomic mass is 35.5. The molecule has 0 saturated carbocycles. The molecule has 7 nitrogen and oxygen atoms in total. The fraction of sp³-hybridized carbons (Fsp3) is 0.238. The summed E-state index contributed by atoms with van der Waals surface area (Å²) in [6.45, 7) is -0.192. The Morgan fingerprint density at radius 3 is 2.67 bits per heavy atom. The van der Waals surface area contributed by atoms with Crippen molar-refractivity contribution in [3.05, 3.63) is 64.7 Å². The molecule has 3 rings (SSSR count). The van der Waals surface area contributed by atoms with Gasteiger partial charge in [-0.1, -0.05) is 41.9 Å². The lowest BCUT2D eigenvalue weighted by atomic mass is 10.0. The second-order valence-electron chi connectivity index (χ2n) is 6.73. The lowest BCUT2D eigenvalue weighted by Gasteiger charge is -2.29. The molecule has 2 aromatic rings. The highest BCUT2D eigenvalue weighted by molar-refractivity contribution is 7.80. The summed E-state index contributed by atoms with van der Waals surface area (Å²) in [6, 6.07) is 13.4. The molecule has 2 N–H and O–H groups in total. The van der Waals surface area contributed by atoms with Crippen LogP contribution in [0, 0.1) is 0 Å². The number of thiol groups is 1. The van der Waals surface area contributed by atoms with Gasteiger partial charge in [-0.25, -0.2) is 4.99 Å². The summed E-state index contributed by atoms with van der Waals surface area (Å²) in [4.78, 5) is 44.6. The quantitative estimate of drug-likeness (QED) is 0.524. The average molecular weight is 445 g/mol. The molecule has 1 heterocycles. The molecular formula is C21H21ClN4O3S. The molecule has 0 saturated heterocycles. The topological polar surface area (TPSA) is 96.1 Å². The third-order valence-corrected chi connectivity index (χ3v) is 5.40. The summed E-state index contributed by atoms with van der Waals surface area (Å²) < 4.78 is 0. The number of nitrogens with zero attached hydrogens (tertiary/aromatic N) is 3. The number of nitrogens with two attached hydrogens (primary N) is 1. The Morgan fingerprint density at radius 2 is 2.03 bits per heavy atom. The second kappa shape index (κ2) is 9.42. The van der Waals surface area contributed by atoms with Crippen molar-refractivity contribution < 1.29 is 14.4 Å². The summed E-state index contributed by atoms with van der Waals surface area (Å²) in [7, 11) is 1.46. The number of carbonyl (C=O) groups excluding carboxylic acids is 3. The van der Waals surface area contributed by atoms with Crippen molar-refractivity contribution in [1.82, 2.24) is 4.90 Å². The van der Waals surface area contributed by atoms with Crippen LogP contribution >= 0.6 is 24.2 Å². The van der Waals surface area contributed by atoms with Gasteiger partial charge in [0, 0.05) is 29.0 Å². The highest BCUT2D eigenvalue weighted by Crippen LogP contribution is 2.31. The molecular weight excluding hydrogens is 424 g/mol. The van der Waals surface area contributed by atoms with Gasteiger partial charge >= 0.3 is 0 Å². The highest BCUT2D eigenvalue weighted by Gasteiger charge is 2.37. The molecule has 0 aromatic heterocycles. The van der Waals surface area contributed by atoms with Crippen LogP contribution in [0.15, 0.2) is 53.5 Å². The van der Waals surface area contributed by atoms with Gasteiger partial charge in [0.15, 0.2) is 0 Å². The fourth-order valence-electron chi connectivity index (χ4n) is 3.24. The van der Waals surface area contributed by atoms with Crippen LogP contribution in [0.3, 0.4) is 0 Å². The van der Waals surface area contributed by atoms with Crippen molar-refractivity contribution in [3.63, 3.8) is 0 Å². The lowest BCUT2D eigenvalue weighted by molar-refractivity contribution is -0.138. The number of benzodiazepines with no additional fused rings is 1. The normalized spacial score (nSPS) is 16.9. The Hall–Kier alpha value is -2.68. The Bertz CT molecular complexity index is 999. The maximum absolute atomic E-state index is 13.4. The van der Waals surface area contributed by atoms with E-state index in [0.717, 1.165) is 5.56 Å². The first kappa shape index (κ1) is 22.0. The van der Waals surface area contributed by atoms with Gasteiger partial charge in [-0.15, -0.1) is 0 Å². The molecule has 30 heavy (non-hydrogen) atoms. The van der Waals surface area contributed by atoms with Gasteiger partial charge in [0.2, 0.25) is 12.1 Å². The SMILES string of the molecule is CN(C(=O)C(N)CS)C1N=C(c2ccccc2)c2cc(Cl)ccc2N(CC=O)C1=O. The number of aliphatic imine (C=N–C) groups is 1. The van der Waals surface area contributed by atoms with Crippen LogP contribution in [-0.2, 0) is 14.4 Å². The Balaban J connectivity index is 2.24. The summed E-state index contributed by atoms with van der Waals surface area (Å²) in [5.74, 6) is -0.874. The maximum Gasteiger partial charge on any atom is 0.272 e. The number of hydrogen-bond acceptors (Lipinski definition) is 6. The van der Waals surface area contributed by atoms with Crippen LogP contribution in [0.2, 0.25) is 5.02 Å². The van der Waals surface area contributed by atoms with Gasteiger partial charge in [0.1, 0.15) is 6.29 Å². The Morgan fingerprint density at radius 1 is 1.33 bits per heavy atom. The molecule has 2 atom stereocenters. The monoisotopic (exact) mass is 444 g/mol. The van der Waals surface area contributed by atoms with Crippen LogP contribution in [0.5, 0.6) is 0 Å². The van der Waals surface area contributed by atoms with Gasteiger partial charge in [0.25, 0.3) is 5.91 Å². The second-order valence-corrected chi connectivity index (χ2v) is 7.53. The van der Waals surface area contributed by atoms with E-state index in [1.807, 2.05) is 30.3 Å². The number of carbonyl (C=O) groups is 3. The summed E-state index contributed by atoms with van der Waals surface area (Å²) in [5.41, 5.74) is 8.14. The number of rotatable bonds is 6. The molecule has 1 aliphatic heterocycles. The van der Waals surface area contributed by atoms with E-state index in [4.69, 9.17) is 17.3 Å². The summed E-state index contributed by atoms with van der Waals surface area (Å²) in [5, 5.41) is 0.455. The average Bonchev–Trinajstić information content (AvgIpc) is 2.88. The number of aldehydes is 1. The van der Waals surface area contributed by atoms with Gasteiger partial charge in [0.05, 0.1) is 24.0 Å². The zero-order valence-electron chi connectivity index (χ0n) is 16.2. The summed E-state index contributed by atoms with van der Waals surface area (Å²) >= 11 is 10.3. The van der Waals surface area contributed by atoms with E-state index >= 15 is 0 Å². The number of benzene rings is 2. The van der Waals surface area contributed by atoms with Crippen molar-refractivity contribution in [2.75, 3.05) is 24.2 Å². The van der Waals surface area contributed by atoms with Gasteiger partial charge in [-0.3, -0.25) is 9.59 Å².